The third kappa shape index (κ3) is 2.90. The van der Waals surface area contributed by atoms with Crippen LogP contribution in [0, 0.1) is 17.5 Å². The molecule has 0 radical (unpaired) electrons. The van der Waals surface area contributed by atoms with E-state index in [0.29, 0.717) is 12.1 Å². The van der Waals surface area contributed by atoms with Gasteiger partial charge in [0.05, 0.1) is 6.42 Å². The lowest BCUT2D eigenvalue weighted by molar-refractivity contribution is -0.137. The zero-order valence-electron chi connectivity index (χ0n) is 9.36. The second-order valence-electron chi connectivity index (χ2n) is 3.64. The van der Waals surface area contributed by atoms with Crippen LogP contribution in [0.15, 0.2) is 16.5 Å². The van der Waals surface area contributed by atoms with E-state index in [2.05, 4.69) is 10.2 Å². The SMILES string of the molecule is O=C(O)CCc1nnc(-c2c(F)cc(F)cc2F)o1. The monoisotopic (exact) mass is 272 g/mol. The average molecular weight is 272 g/mol. The first-order valence-corrected chi connectivity index (χ1v) is 5.16. The van der Waals surface area contributed by atoms with Gasteiger partial charge in [-0.3, -0.25) is 4.79 Å². The Labute approximate surface area is 104 Å². The lowest BCUT2D eigenvalue weighted by Crippen LogP contribution is -1.97. The number of rotatable bonds is 4. The van der Waals surface area contributed by atoms with Crippen molar-refractivity contribution in [3.63, 3.8) is 0 Å². The maximum atomic E-state index is 13.4. The van der Waals surface area contributed by atoms with Crippen LogP contribution >= 0.6 is 0 Å². The van der Waals surface area contributed by atoms with Crippen molar-refractivity contribution in [2.75, 3.05) is 0 Å². The predicted octanol–water partition coefficient (Wildman–Crippen LogP) is 2.17. The van der Waals surface area contributed by atoms with Crippen LogP contribution in [-0.2, 0) is 11.2 Å². The summed E-state index contributed by atoms with van der Waals surface area (Å²) in [5.41, 5.74) is -0.643. The standard InChI is InChI=1S/C11H7F3N2O3/c12-5-3-6(13)10(7(14)4-5)11-16-15-8(19-11)1-2-9(17)18/h3-4H,1-2H2,(H,17,18). The van der Waals surface area contributed by atoms with Gasteiger partial charge in [-0.15, -0.1) is 10.2 Å². The van der Waals surface area contributed by atoms with Crippen molar-refractivity contribution in [2.24, 2.45) is 0 Å². The summed E-state index contributed by atoms with van der Waals surface area (Å²) in [6.45, 7) is 0. The Morgan fingerprint density at radius 1 is 1.21 bits per heavy atom. The van der Waals surface area contributed by atoms with Gasteiger partial charge in [-0.05, 0) is 0 Å². The maximum Gasteiger partial charge on any atom is 0.303 e. The molecule has 8 heteroatoms. The molecular weight excluding hydrogens is 265 g/mol. The van der Waals surface area contributed by atoms with E-state index in [4.69, 9.17) is 9.52 Å². The third-order valence-electron chi connectivity index (χ3n) is 2.24. The number of nitrogens with zero attached hydrogens (tertiary/aromatic N) is 2. The highest BCUT2D eigenvalue weighted by atomic mass is 19.1. The van der Waals surface area contributed by atoms with Gasteiger partial charge >= 0.3 is 5.97 Å². The molecule has 0 saturated carbocycles. The fraction of sp³-hybridized carbons (Fsp3) is 0.182. The molecule has 1 heterocycles. The van der Waals surface area contributed by atoms with Gasteiger partial charge in [-0.1, -0.05) is 0 Å². The molecule has 0 aliphatic heterocycles. The van der Waals surface area contributed by atoms with Gasteiger partial charge in [0.1, 0.15) is 23.0 Å². The van der Waals surface area contributed by atoms with E-state index in [1.807, 2.05) is 0 Å². The normalized spacial score (nSPS) is 10.7. The Morgan fingerprint density at radius 2 is 1.84 bits per heavy atom. The van der Waals surface area contributed by atoms with Gasteiger partial charge < -0.3 is 9.52 Å². The lowest BCUT2D eigenvalue weighted by atomic mass is 10.2. The van der Waals surface area contributed by atoms with Crippen molar-refractivity contribution < 1.29 is 27.5 Å². The molecule has 2 rings (SSSR count). The van der Waals surface area contributed by atoms with Gasteiger partial charge in [0, 0.05) is 18.6 Å². The molecule has 0 amide bonds. The van der Waals surface area contributed by atoms with E-state index in [1.54, 1.807) is 0 Å². The van der Waals surface area contributed by atoms with Crippen LogP contribution in [0.5, 0.6) is 0 Å². The number of carbonyl (C=O) groups is 1. The molecule has 1 aromatic carbocycles. The number of carboxylic acid groups (broad SMARTS) is 1. The minimum atomic E-state index is -1.18. The first kappa shape index (κ1) is 13.1. The van der Waals surface area contributed by atoms with Crippen LogP contribution in [0.2, 0.25) is 0 Å². The first-order chi connectivity index (χ1) is 8.97. The van der Waals surface area contributed by atoms with E-state index in [-0.39, 0.29) is 18.7 Å². The molecule has 0 fully saturated rings. The maximum absolute atomic E-state index is 13.4. The molecule has 19 heavy (non-hydrogen) atoms. The molecule has 100 valence electrons. The summed E-state index contributed by atoms with van der Waals surface area (Å²) >= 11 is 0. The summed E-state index contributed by atoms with van der Waals surface area (Å²) in [5, 5.41) is 15.3. The van der Waals surface area contributed by atoms with Crippen molar-refractivity contribution in [3.8, 4) is 11.5 Å². The highest BCUT2D eigenvalue weighted by molar-refractivity contribution is 5.66. The molecule has 0 aliphatic carbocycles. The van der Waals surface area contributed by atoms with Gasteiger partial charge in [0.2, 0.25) is 5.89 Å². The van der Waals surface area contributed by atoms with Crippen molar-refractivity contribution >= 4 is 5.97 Å². The largest absolute Gasteiger partial charge is 0.481 e. The fourth-order valence-electron chi connectivity index (χ4n) is 1.42. The number of benzene rings is 1. The van der Waals surface area contributed by atoms with Crippen LogP contribution in [0.1, 0.15) is 12.3 Å². The molecule has 0 saturated heterocycles. The highest BCUT2D eigenvalue weighted by Gasteiger charge is 2.19. The minimum Gasteiger partial charge on any atom is -0.481 e. The van der Waals surface area contributed by atoms with E-state index in [9.17, 15) is 18.0 Å². The first-order valence-electron chi connectivity index (χ1n) is 5.16. The van der Waals surface area contributed by atoms with Gasteiger partial charge in [0.25, 0.3) is 5.89 Å². The molecule has 0 unspecified atom stereocenters. The molecule has 1 aromatic heterocycles. The molecule has 5 nitrogen and oxygen atoms in total. The summed E-state index contributed by atoms with van der Waals surface area (Å²) in [7, 11) is 0. The van der Waals surface area contributed by atoms with Crippen LogP contribution in [0.4, 0.5) is 13.2 Å². The lowest BCUT2D eigenvalue weighted by Gasteiger charge is -1.99. The Morgan fingerprint density at radius 3 is 2.42 bits per heavy atom. The average Bonchev–Trinajstić information content (AvgIpc) is 2.73. The van der Waals surface area contributed by atoms with Crippen molar-refractivity contribution in [2.45, 2.75) is 12.8 Å². The second-order valence-corrected chi connectivity index (χ2v) is 3.64. The summed E-state index contributed by atoms with van der Waals surface area (Å²) in [6.07, 6.45) is -0.317. The van der Waals surface area contributed by atoms with Crippen molar-refractivity contribution in [1.82, 2.24) is 10.2 Å². The number of aromatic nitrogens is 2. The summed E-state index contributed by atoms with van der Waals surface area (Å²) in [6, 6.07) is 0.971. The highest BCUT2D eigenvalue weighted by Crippen LogP contribution is 2.26. The molecule has 0 bridgehead atoms. The summed E-state index contributed by atoms with van der Waals surface area (Å²) in [5.74, 6) is -5.02. The Balaban J connectivity index is 2.30. The predicted molar refractivity (Wildman–Crippen MR) is 55.6 cm³/mol. The van der Waals surface area contributed by atoms with E-state index in [0.717, 1.165) is 0 Å². The van der Waals surface area contributed by atoms with Gasteiger partial charge in [-0.2, -0.15) is 0 Å². The number of hydrogen-bond acceptors (Lipinski definition) is 4. The number of aliphatic carboxylic acids is 1. The van der Waals surface area contributed by atoms with Crippen LogP contribution in [0.25, 0.3) is 11.5 Å². The summed E-state index contributed by atoms with van der Waals surface area (Å²) in [4.78, 5) is 10.3. The number of hydrogen-bond donors (Lipinski definition) is 1. The Hall–Kier alpha value is -2.38. The van der Waals surface area contributed by atoms with Crippen LogP contribution in [-0.4, -0.2) is 21.3 Å². The minimum absolute atomic E-state index is 0.0627. The molecule has 2 aromatic rings. The van der Waals surface area contributed by atoms with E-state index in [1.165, 1.54) is 0 Å². The van der Waals surface area contributed by atoms with E-state index >= 15 is 0 Å². The number of aryl methyl sites for hydroxylation is 1. The van der Waals surface area contributed by atoms with E-state index < -0.39 is 34.9 Å². The molecular formula is C11H7F3N2O3. The zero-order valence-corrected chi connectivity index (χ0v) is 9.36. The zero-order chi connectivity index (χ0) is 14.0. The third-order valence-corrected chi connectivity index (χ3v) is 2.24. The Bertz CT molecular complexity index is 604. The van der Waals surface area contributed by atoms with Crippen molar-refractivity contribution in [3.05, 3.63) is 35.5 Å². The topological polar surface area (TPSA) is 76.2 Å². The quantitative estimate of drug-likeness (QED) is 0.923. The van der Waals surface area contributed by atoms with Gasteiger partial charge in [0.15, 0.2) is 0 Å². The van der Waals surface area contributed by atoms with Crippen molar-refractivity contribution in [1.29, 1.82) is 0 Å². The summed E-state index contributed by atoms with van der Waals surface area (Å²) < 4.78 is 44.5. The van der Waals surface area contributed by atoms with Gasteiger partial charge in [-0.25, -0.2) is 13.2 Å². The molecule has 0 atom stereocenters. The van der Waals surface area contributed by atoms with Crippen LogP contribution in [0.3, 0.4) is 0 Å². The Kier molecular flexibility index (Phi) is 3.50. The smallest absolute Gasteiger partial charge is 0.303 e. The molecule has 1 N–H and O–H groups in total. The fourth-order valence-corrected chi connectivity index (χ4v) is 1.42. The molecule has 0 spiro atoms. The number of halogens is 3. The number of carboxylic acids is 1. The second kappa shape index (κ2) is 5.09. The van der Waals surface area contributed by atoms with Crippen LogP contribution < -0.4 is 0 Å². The molecule has 0 aliphatic rings.